The number of furan rings is 1. The lowest BCUT2D eigenvalue weighted by molar-refractivity contribution is -0.125. The van der Waals surface area contributed by atoms with Crippen molar-refractivity contribution < 1.29 is 23.2 Å². The van der Waals surface area contributed by atoms with Crippen LogP contribution in [0.3, 0.4) is 0 Å². The van der Waals surface area contributed by atoms with E-state index in [0.29, 0.717) is 22.6 Å². The molecule has 1 aliphatic heterocycles. The predicted molar refractivity (Wildman–Crippen MR) is 104 cm³/mol. The molecule has 0 spiro atoms. The molecular weight excluding hydrogens is 377 g/mol. The molecule has 0 bridgehead atoms. The van der Waals surface area contributed by atoms with E-state index in [1.54, 1.807) is 48.5 Å². The molecule has 3 aromatic rings. The second kappa shape index (κ2) is 7.97. The van der Waals surface area contributed by atoms with E-state index in [1.165, 1.54) is 18.4 Å². The largest absolute Gasteiger partial charge is 0.459 e. The van der Waals surface area contributed by atoms with Gasteiger partial charge in [0.05, 0.1) is 12.0 Å². The number of rotatable bonds is 5. The monoisotopic (exact) mass is 393 g/mol. The zero-order valence-corrected chi connectivity index (χ0v) is 15.1. The van der Waals surface area contributed by atoms with Gasteiger partial charge in [-0.05, 0) is 42.5 Å². The minimum Gasteiger partial charge on any atom is -0.459 e. The van der Waals surface area contributed by atoms with Crippen LogP contribution >= 0.6 is 0 Å². The van der Waals surface area contributed by atoms with Crippen LogP contribution in [-0.2, 0) is 9.63 Å². The van der Waals surface area contributed by atoms with E-state index in [4.69, 9.17) is 9.25 Å². The topological polar surface area (TPSA) is 92.9 Å². The first-order valence-electron chi connectivity index (χ1n) is 8.83. The van der Waals surface area contributed by atoms with Crippen LogP contribution in [0, 0.1) is 5.82 Å². The zero-order chi connectivity index (χ0) is 20.2. The number of nitrogens with one attached hydrogen (secondary N) is 2. The van der Waals surface area contributed by atoms with Crippen LogP contribution in [0.4, 0.5) is 15.8 Å². The Labute approximate surface area is 165 Å². The van der Waals surface area contributed by atoms with E-state index < -0.39 is 17.9 Å². The minimum absolute atomic E-state index is 0.181. The first kappa shape index (κ1) is 18.4. The number of hydrogen-bond donors (Lipinski definition) is 2. The maximum absolute atomic E-state index is 13.4. The minimum atomic E-state index is -0.824. The van der Waals surface area contributed by atoms with Gasteiger partial charge in [0.15, 0.2) is 5.76 Å². The van der Waals surface area contributed by atoms with Gasteiger partial charge in [-0.2, -0.15) is 0 Å². The van der Waals surface area contributed by atoms with Crippen molar-refractivity contribution in [3.63, 3.8) is 0 Å². The van der Waals surface area contributed by atoms with Crippen molar-refractivity contribution in [3.8, 4) is 0 Å². The Morgan fingerprint density at radius 2 is 1.79 bits per heavy atom. The Morgan fingerprint density at radius 3 is 2.55 bits per heavy atom. The smallest absolute Gasteiger partial charge is 0.291 e. The molecule has 2 N–H and O–H groups in total. The van der Waals surface area contributed by atoms with Crippen LogP contribution < -0.4 is 10.6 Å². The van der Waals surface area contributed by atoms with Gasteiger partial charge in [0.1, 0.15) is 5.82 Å². The summed E-state index contributed by atoms with van der Waals surface area (Å²) in [7, 11) is 0. The molecule has 2 heterocycles. The molecule has 146 valence electrons. The Bertz CT molecular complexity index is 1080. The molecule has 1 aromatic heterocycles. The van der Waals surface area contributed by atoms with Crippen molar-refractivity contribution in [2.45, 2.75) is 12.5 Å². The number of amides is 2. The lowest BCUT2D eigenvalue weighted by Gasteiger charge is -2.11. The van der Waals surface area contributed by atoms with Crippen LogP contribution in [0.15, 0.2) is 76.5 Å². The summed E-state index contributed by atoms with van der Waals surface area (Å²) in [5, 5.41) is 9.32. The zero-order valence-electron chi connectivity index (χ0n) is 15.1. The van der Waals surface area contributed by atoms with Gasteiger partial charge in [-0.15, -0.1) is 0 Å². The van der Waals surface area contributed by atoms with Crippen LogP contribution in [-0.4, -0.2) is 23.6 Å². The van der Waals surface area contributed by atoms with E-state index in [-0.39, 0.29) is 18.0 Å². The summed E-state index contributed by atoms with van der Waals surface area (Å²) in [6, 6.07) is 15.8. The molecule has 0 aliphatic carbocycles. The average Bonchev–Trinajstić information content (AvgIpc) is 3.41. The van der Waals surface area contributed by atoms with Crippen molar-refractivity contribution in [1.82, 2.24) is 0 Å². The number of benzene rings is 2. The second-order valence-corrected chi connectivity index (χ2v) is 6.35. The fourth-order valence-electron chi connectivity index (χ4n) is 2.85. The molecule has 1 aliphatic rings. The van der Waals surface area contributed by atoms with Gasteiger partial charge < -0.3 is 19.9 Å². The summed E-state index contributed by atoms with van der Waals surface area (Å²) in [6.45, 7) is 0. The van der Waals surface area contributed by atoms with Crippen molar-refractivity contribution >= 4 is 28.9 Å². The molecule has 2 aromatic carbocycles. The Hall–Kier alpha value is -3.94. The van der Waals surface area contributed by atoms with Gasteiger partial charge in [-0.25, -0.2) is 4.39 Å². The summed E-state index contributed by atoms with van der Waals surface area (Å²) in [5.74, 6) is -0.993. The number of carbonyl (C=O) groups excluding carboxylic acids is 2. The van der Waals surface area contributed by atoms with Crippen LogP contribution in [0.1, 0.15) is 22.5 Å². The fraction of sp³-hybridized carbons (Fsp3) is 0.0952. The Kier molecular flexibility index (Phi) is 5.07. The number of oxime groups is 1. The molecule has 1 atom stereocenters. The summed E-state index contributed by atoms with van der Waals surface area (Å²) >= 11 is 0. The molecule has 29 heavy (non-hydrogen) atoms. The molecule has 4 rings (SSSR count). The van der Waals surface area contributed by atoms with Gasteiger partial charge in [-0.3, -0.25) is 9.59 Å². The molecule has 7 nitrogen and oxygen atoms in total. The molecule has 1 unspecified atom stereocenters. The van der Waals surface area contributed by atoms with Crippen molar-refractivity contribution in [3.05, 3.63) is 84.1 Å². The third-order valence-corrected chi connectivity index (χ3v) is 4.25. The van der Waals surface area contributed by atoms with Gasteiger partial charge in [0.25, 0.3) is 11.8 Å². The summed E-state index contributed by atoms with van der Waals surface area (Å²) in [5.41, 5.74) is 2.05. The number of carbonyl (C=O) groups is 2. The highest BCUT2D eigenvalue weighted by atomic mass is 19.1. The van der Waals surface area contributed by atoms with E-state index in [0.717, 1.165) is 0 Å². The lowest BCUT2D eigenvalue weighted by atomic mass is 10.0. The second-order valence-electron chi connectivity index (χ2n) is 6.35. The summed E-state index contributed by atoms with van der Waals surface area (Å²) < 4.78 is 18.4. The number of hydrogen-bond acceptors (Lipinski definition) is 5. The first-order valence-corrected chi connectivity index (χ1v) is 8.83. The molecule has 0 saturated heterocycles. The molecule has 0 radical (unpaired) electrons. The summed E-state index contributed by atoms with van der Waals surface area (Å²) in [4.78, 5) is 29.8. The lowest BCUT2D eigenvalue weighted by Crippen LogP contribution is -2.28. The standard InChI is InChI=1S/C21H16FN3O4/c22-14-5-1-4-13(10-14)17-12-19(29-25-17)21(27)24-16-7-2-6-15(11-16)23-20(26)18-8-3-9-28-18/h1-11,19H,12H2,(H,23,26)(H,24,27). The molecule has 0 saturated carbocycles. The van der Waals surface area contributed by atoms with Crippen LogP contribution in [0.25, 0.3) is 0 Å². The van der Waals surface area contributed by atoms with Crippen molar-refractivity contribution in [2.75, 3.05) is 10.6 Å². The normalized spacial score (nSPS) is 15.3. The third kappa shape index (κ3) is 4.32. The quantitative estimate of drug-likeness (QED) is 0.690. The highest BCUT2D eigenvalue weighted by Crippen LogP contribution is 2.21. The van der Waals surface area contributed by atoms with Crippen LogP contribution in [0.2, 0.25) is 0 Å². The van der Waals surface area contributed by atoms with Gasteiger partial charge in [0.2, 0.25) is 6.10 Å². The third-order valence-electron chi connectivity index (χ3n) is 4.25. The van der Waals surface area contributed by atoms with Gasteiger partial charge in [-0.1, -0.05) is 23.4 Å². The number of anilines is 2. The van der Waals surface area contributed by atoms with Crippen LogP contribution in [0.5, 0.6) is 0 Å². The molecule has 2 amide bonds. The molecular formula is C21H16FN3O4. The van der Waals surface area contributed by atoms with Crippen molar-refractivity contribution in [1.29, 1.82) is 0 Å². The van der Waals surface area contributed by atoms with E-state index >= 15 is 0 Å². The highest BCUT2D eigenvalue weighted by molar-refractivity contribution is 6.06. The Balaban J connectivity index is 1.37. The molecule has 8 heteroatoms. The Morgan fingerprint density at radius 1 is 1.00 bits per heavy atom. The average molecular weight is 393 g/mol. The molecule has 0 fully saturated rings. The summed E-state index contributed by atoms with van der Waals surface area (Å²) in [6.07, 6.45) is 0.812. The highest BCUT2D eigenvalue weighted by Gasteiger charge is 2.29. The number of nitrogens with zero attached hydrogens (tertiary/aromatic N) is 1. The van der Waals surface area contributed by atoms with E-state index in [2.05, 4.69) is 15.8 Å². The van der Waals surface area contributed by atoms with Gasteiger partial charge >= 0.3 is 0 Å². The predicted octanol–water partition coefficient (Wildman–Crippen LogP) is 3.80. The number of halogens is 1. The fourth-order valence-corrected chi connectivity index (χ4v) is 2.85. The van der Waals surface area contributed by atoms with E-state index in [9.17, 15) is 14.0 Å². The van der Waals surface area contributed by atoms with Crippen molar-refractivity contribution in [2.24, 2.45) is 5.16 Å². The van der Waals surface area contributed by atoms with E-state index in [1.807, 2.05) is 0 Å². The maximum atomic E-state index is 13.4. The first-order chi connectivity index (χ1) is 14.1. The SMILES string of the molecule is O=C(Nc1cccc(NC(=O)C2CC(c3cccc(F)c3)=NO2)c1)c1ccco1. The van der Waals surface area contributed by atoms with Gasteiger partial charge in [0, 0.05) is 23.4 Å². The maximum Gasteiger partial charge on any atom is 0.291 e.